The molecule has 0 bridgehead atoms. The molecular weight excluding hydrogens is 232 g/mol. The number of unbranched alkanes of at least 4 members (excludes halogenated alkanes) is 3. The summed E-state index contributed by atoms with van der Waals surface area (Å²) in [6.07, 6.45) is 12.8. The molecule has 0 unspecified atom stereocenters. The fraction of sp³-hybridized carbons (Fsp3) is 0.571. The van der Waals surface area contributed by atoms with Crippen molar-refractivity contribution in [1.29, 1.82) is 0 Å². The van der Waals surface area contributed by atoms with Crippen LogP contribution in [0.15, 0.2) is 36.0 Å². The lowest BCUT2D eigenvalue weighted by Gasteiger charge is -2.10. The molecule has 0 aromatic heterocycles. The van der Waals surface area contributed by atoms with Crippen LogP contribution in [0.1, 0.15) is 32.1 Å². The first-order valence-corrected chi connectivity index (χ1v) is 7.23. The lowest BCUT2D eigenvalue weighted by Crippen LogP contribution is -2.03. The van der Waals surface area contributed by atoms with Gasteiger partial charge in [-0.1, -0.05) is 37.6 Å². The van der Waals surface area contributed by atoms with Gasteiger partial charge < -0.3 is 9.84 Å². The Balaban J connectivity index is 1.91. The zero-order valence-corrected chi connectivity index (χ0v) is 11.1. The molecule has 0 aliphatic heterocycles. The summed E-state index contributed by atoms with van der Waals surface area (Å²) in [6.45, 7) is 4.30. The van der Waals surface area contributed by atoms with Crippen molar-refractivity contribution in [3.8, 4) is 0 Å². The highest BCUT2D eigenvalue weighted by molar-refractivity contribution is 8.03. The van der Waals surface area contributed by atoms with E-state index in [-0.39, 0.29) is 6.10 Å². The van der Waals surface area contributed by atoms with Crippen LogP contribution in [0.25, 0.3) is 0 Å². The molecule has 1 N–H and O–H groups in total. The second kappa shape index (κ2) is 9.37. The van der Waals surface area contributed by atoms with Crippen LogP contribution in [0, 0.1) is 0 Å². The van der Waals surface area contributed by atoms with E-state index in [0.29, 0.717) is 0 Å². The summed E-state index contributed by atoms with van der Waals surface area (Å²) in [7, 11) is 0. The molecule has 2 nitrogen and oxygen atoms in total. The van der Waals surface area contributed by atoms with Crippen molar-refractivity contribution in [2.45, 2.75) is 38.2 Å². The number of hydrogen-bond acceptors (Lipinski definition) is 3. The zero-order valence-electron chi connectivity index (χ0n) is 10.3. The average molecular weight is 254 g/mol. The SMILES string of the molecule is C=COCCCCCCSC1=CC[C@H](O)C=C1. The molecule has 1 aliphatic rings. The third-order valence-electron chi connectivity index (χ3n) is 2.59. The highest BCUT2D eigenvalue weighted by atomic mass is 32.2. The molecule has 1 rings (SSSR count). The summed E-state index contributed by atoms with van der Waals surface area (Å²) in [6, 6.07) is 0. The quantitative estimate of drug-likeness (QED) is 0.503. The molecule has 0 saturated carbocycles. The van der Waals surface area contributed by atoms with Crippen molar-refractivity contribution in [2.24, 2.45) is 0 Å². The highest BCUT2D eigenvalue weighted by Crippen LogP contribution is 2.23. The molecule has 1 aliphatic carbocycles. The van der Waals surface area contributed by atoms with Crippen LogP contribution < -0.4 is 0 Å². The summed E-state index contributed by atoms with van der Waals surface area (Å²) in [4.78, 5) is 1.30. The largest absolute Gasteiger partial charge is 0.502 e. The van der Waals surface area contributed by atoms with Gasteiger partial charge in [-0.2, -0.15) is 0 Å². The summed E-state index contributed by atoms with van der Waals surface area (Å²) in [5.74, 6) is 1.16. The van der Waals surface area contributed by atoms with Gasteiger partial charge in [0.1, 0.15) is 0 Å². The fourth-order valence-corrected chi connectivity index (χ4v) is 2.58. The minimum absolute atomic E-state index is 0.274. The van der Waals surface area contributed by atoms with E-state index in [1.54, 1.807) is 0 Å². The predicted molar refractivity (Wildman–Crippen MR) is 74.9 cm³/mol. The van der Waals surface area contributed by atoms with Gasteiger partial charge in [-0.25, -0.2) is 0 Å². The van der Waals surface area contributed by atoms with Gasteiger partial charge in [0.25, 0.3) is 0 Å². The van der Waals surface area contributed by atoms with Crippen molar-refractivity contribution in [2.75, 3.05) is 12.4 Å². The maximum Gasteiger partial charge on any atom is 0.0873 e. The summed E-state index contributed by atoms with van der Waals surface area (Å²) < 4.78 is 5.06. The number of ether oxygens (including phenoxy) is 1. The van der Waals surface area contributed by atoms with Crippen molar-refractivity contribution >= 4 is 11.8 Å². The van der Waals surface area contributed by atoms with E-state index in [1.807, 2.05) is 23.9 Å². The standard InChI is InChI=1S/C14H22O2S/c1-2-16-11-5-3-4-6-12-17-14-9-7-13(15)8-10-14/h2,7,9-10,13,15H,1,3-6,8,11-12H2/t13-/m1/s1. The first-order chi connectivity index (χ1) is 8.33. The van der Waals surface area contributed by atoms with E-state index in [9.17, 15) is 5.11 Å². The highest BCUT2D eigenvalue weighted by Gasteiger charge is 2.04. The molecule has 0 spiro atoms. The Kier molecular flexibility index (Phi) is 7.93. The van der Waals surface area contributed by atoms with Gasteiger partial charge in [-0.15, -0.1) is 11.8 Å². The molecule has 96 valence electrons. The summed E-state index contributed by atoms with van der Waals surface area (Å²) in [5, 5.41) is 9.28. The van der Waals surface area contributed by atoms with Gasteiger partial charge in [0.15, 0.2) is 0 Å². The van der Waals surface area contributed by atoms with Crippen LogP contribution in [0.2, 0.25) is 0 Å². The van der Waals surface area contributed by atoms with Crippen LogP contribution in [0.5, 0.6) is 0 Å². The Morgan fingerprint density at radius 3 is 2.94 bits per heavy atom. The maximum absolute atomic E-state index is 9.28. The zero-order chi connectivity index (χ0) is 12.3. The lowest BCUT2D eigenvalue weighted by molar-refractivity contribution is 0.225. The monoisotopic (exact) mass is 254 g/mol. The Morgan fingerprint density at radius 1 is 1.41 bits per heavy atom. The molecular formula is C14H22O2S. The molecule has 0 fully saturated rings. The van der Waals surface area contributed by atoms with Gasteiger partial charge in [-0.05, 0) is 25.0 Å². The molecule has 3 heteroatoms. The number of hydrogen-bond donors (Lipinski definition) is 1. The second-order valence-corrected chi connectivity index (χ2v) is 5.24. The molecule has 17 heavy (non-hydrogen) atoms. The average Bonchev–Trinajstić information content (AvgIpc) is 2.35. The Bertz CT molecular complexity index is 271. The van der Waals surface area contributed by atoms with Crippen LogP contribution in [-0.4, -0.2) is 23.6 Å². The van der Waals surface area contributed by atoms with Gasteiger partial charge in [0.2, 0.25) is 0 Å². The third-order valence-corrected chi connectivity index (χ3v) is 3.72. The van der Waals surface area contributed by atoms with Crippen molar-refractivity contribution < 1.29 is 9.84 Å². The maximum atomic E-state index is 9.28. The summed E-state index contributed by atoms with van der Waals surface area (Å²) >= 11 is 1.88. The molecule has 0 saturated heterocycles. The van der Waals surface area contributed by atoms with E-state index in [0.717, 1.165) is 25.2 Å². The second-order valence-electron chi connectivity index (χ2n) is 4.07. The van der Waals surface area contributed by atoms with Crippen LogP contribution in [-0.2, 0) is 4.74 Å². The fourth-order valence-electron chi connectivity index (χ4n) is 1.61. The third kappa shape index (κ3) is 7.29. The van der Waals surface area contributed by atoms with Crippen molar-refractivity contribution in [3.63, 3.8) is 0 Å². The van der Waals surface area contributed by atoms with Gasteiger partial charge in [0, 0.05) is 4.91 Å². The molecule has 0 amide bonds. The van der Waals surface area contributed by atoms with E-state index in [4.69, 9.17) is 4.74 Å². The van der Waals surface area contributed by atoms with Gasteiger partial charge >= 0.3 is 0 Å². The van der Waals surface area contributed by atoms with Crippen LogP contribution in [0.4, 0.5) is 0 Å². The van der Waals surface area contributed by atoms with E-state index in [2.05, 4.69) is 12.7 Å². The molecule has 1 atom stereocenters. The predicted octanol–water partition coefficient (Wildman–Crippen LogP) is 3.64. The molecule has 0 aromatic rings. The Labute approximate surface area is 108 Å². The first kappa shape index (κ1) is 14.4. The van der Waals surface area contributed by atoms with E-state index in [1.165, 1.54) is 30.4 Å². The van der Waals surface area contributed by atoms with Gasteiger partial charge in [0.05, 0.1) is 19.0 Å². The molecule has 0 heterocycles. The van der Waals surface area contributed by atoms with E-state index < -0.39 is 0 Å². The van der Waals surface area contributed by atoms with E-state index >= 15 is 0 Å². The lowest BCUT2D eigenvalue weighted by atomic mass is 10.1. The number of aliphatic hydroxyl groups excluding tert-OH is 1. The van der Waals surface area contributed by atoms with Crippen LogP contribution in [0.3, 0.4) is 0 Å². The Hall–Kier alpha value is -0.670. The minimum Gasteiger partial charge on any atom is -0.502 e. The van der Waals surface area contributed by atoms with Crippen molar-refractivity contribution in [1.82, 2.24) is 0 Å². The van der Waals surface area contributed by atoms with Crippen LogP contribution >= 0.6 is 11.8 Å². The number of allylic oxidation sites excluding steroid dienone is 1. The number of rotatable bonds is 9. The molecule has 0 aromatic carbocycles. The van der Waals surface area contributed by atoms with Crippen molar-refractivity contribution in [3.05, 3.63) is 36.0 Å². The number of thioether (sulfide) groups is 1. The molecule has 0 radical (unpaired) electrons. The first-order valence-electron chi connectivity index (χ1n) is 6.24. The summed E-state index contributed by atoms with van der Waals surface area (Å²) in [5.41, 5.74) is 0. The Morgan fingerprint density at radius 2 is 2.24 bits per heavy atom. The minimum atomic E-state index is -0.274. The normalized spacial score (nSPS) is 18.9. The van der Waals surface area contributed by atoms with Gasteiger partial charge in [-0.3, -0.25) is 0 Å². The topological polar surface area (TPSA) is 29.5 Å². The smallest absolute Gasteiger partial charge is 0.0873 e. The number of aliphatic hydroxyl groups is 1.